The Labute approximate surface area is 166 Å². The second-order valence-electron chi connectivity index (χ2n) is 7.78. The summed E-state index contributed by atoms with van der Waals surface area (Å²) in [5.41, 5.74) is 1.23. The predicted octanol–water partition coefficient (Wildman–Crippen LogP) is 5.55. The highest BCUT2D eigenvalue weighted by Gasteiger charge is 2.46. The molecule has 1 N–H and O–H groups in total. The molecule has 0 bridgehead atoms. The van der Waals surface area contributed by atoms with Gasteiger partial charge < -0.3 is 14.6 Å². The molecular weight excluding hydrogens is 385 g/mol. The van der Waals surface area contributed by atoms with Gasteiger partial charge in [0.1, 0.15) is 11.5 Å². The van der Waals surface area contributed by atoms with Crippen LogP contribution in [0.4, 0.5) is 13.2 Å². The summed E-state index contributed by atoms with van der Waals surface area (Å²) in [6.45, 7) is 0.547. The molecule has 0 atom stereocenters. The number of carboxylic acid groups (broad SMARTS) is 1. The predicted molar refractivity (Wildman–Crippen MR) is 99.9 cm³/mol. The minimum absolute atomic E-state index is 0.294. The lowest BCUT2D eigenvalue weighted by atomic mass is 9.64. The molecule has 0 aliphatic heterocycles. The molecule has 0 amide bonds. The third kappa shape index (κ3) is 4.18. The van der Waals surface area contributed by atoms with Crippen LogP contribution in [0.5, 0.6) is 11.5 Å². The summed E-state index contributed by atoms with van der Waals surface area (Å²) in [5, 5.41) is 9.72. The lowest BCUT2D eigenvalue weighted by molar-refractivity contribution is -0.274. The first kappa shape index (κ1) is 19.6. The van der Waals surface area contributed by atoms with Crippen molar-refractivity contribution in [3.8, 4) is 22.6 Å². The summed E-state index contributed by atoms with van der Waals surface area (Å²) in [5.74, 6) is -0.0615. The van der Waals surface area contributed by atoms with E-state index < -0.39 is 17.7 Å². The van der Waals surface area contributed by atoms with Gasteiger partial charge in [-0.15, -0.1) is 13.2 Å². The number of alkyl halides is 3. The van der Waals surface area contributed by atoms with Gasteiger partial charge in [0.25, 0.3) is 0 Å². The summed E-state index contributed by atoms with van der Waals surface area (Å²) < 4.78 is 47.1. The van der Waals surface area contributed by atoms with Gasteiger partial charge in [0, 0.05) is 5.56 Å². The van der Waals surface area contributed by atoms with E-state index >= 15 is 0 Å². The smallest absolute Gasteiger partial charge is 0.493 e. The maximum absolute atomic E-state index is 12.4. The fourth-order valence-corrected chi connectivity index (χ4v) is 3.66. The molecule has 0 saturated heterocycles. The van der Waals surface area contributed by atoms with Crippen molar-refractivity contribution in [2.45, 2.75) is 43.9 Å². The molecule has 4 nitrogen and oxygen atoms in total. The zero-order valence-electron chi connectivity index (χ0n) is 15.7. The van der Waals surface area contributed by atoms with E-state index in [0.29, 0.717) is 47.8 Å². The molecule has 2 aliphatic carbocycles. The van der Waals surface area contributed by atoms with Gasteiger partial charge in [0.15, 0.2) is 0 Å². The Hall–Kier alpha value is -2.70. The Morgan fingerprint density at radius 2 is 1.79 bits per heavy atom. The molecule has 2 aromatic rings. The highest BCUT2D eigenvalue weighted by Crippen LogP contribution is 2.46. The summed E-state index contributed by atoms with van der Waals surface area (Å²) in [7, 11) is 0. The van der Waals surface area contributed by atoms with Crippen LogP contribution in [-0.2, 0) is 10.2 Å². The van der Waals surface area contributed by atoms with Crippen molar-refractivity contribution in [2.24, 2.45) is 5.92 Å². The average molecular weight is 406 g/mol. The Morgan fingerprint density at radius 3 is 2.31 bits per heavy atom. The van der Waals surface area contributed by atoms with Crippen molar-refractivity contribution in [2.75, 3.05) is 6.61 Å². The molecule has 0 heterocycles. The van der Waals surface area contributed by atoms with Crippen molar-refractivity contribution in [3.63, 3.8) is 0 Å². The molecule has 2 aliphatic rings. The molecular formula is C22H21F3O4. The summed E-state index contributed by atoms with van der Waals surface area (Å²) in [6, 6.07) is 10.9. The van der Waals surface area contributed by atoms with Crippen LogP contribution in [0.3, 0.4) is 0 Å². The number of aliphatic carboxylic acids is 1. The lowest BCUT2D eigenvalue weighted by Gasteiger charge is -2.38. The fourth-order valence-electron chi connectivity index (χ4n) is 3.66. The quantitative estimate of drug-likeness (QED) is 0.655. The monoisotopic (exact) mass is 406 g/mol. The molecule has 0 unspecified atom stereocenters. The first-order valence-electron chi connectivity index (χ1n) is 9.64. The van der Waals surface area contributed by atoms with Gasteiger partial charge in [0.05, 0.1) is 12.0 Å². The maximum atomic E-state index is 12.4. The van der Waals surface area contributed by atoms with E-state index in [4.69, 9.17) is 4.74 Å². The summed E-state index contributed by atoms with van der Waals surface area (Å²) in [4.78, 5) is 11.9. The van der Waals surface area contributed by atoms with E-state index in [2.05, 4.69) is 4.74 Å². The molecule has 0 aromatic heterocycles. The van der Waals surface area contributed by atoms with Crippen LogP contribution in [-0.4, -0.2) is 24.0 Å². The largest absolute Gasteiger partial charge is 0.573 e. The van der Waals surface area contributed by atoms with Crippen LogP contribution in [0.1, 0.15) is 37.7 Å². The third-order valence-corrected chi connectivity index (χ3v) is 5.72. The Kier molecular flexibility index (Phi) is 4.92. The van der Waals surface area contributed by atoms with Gasteiger partial charge in [-0.3, -0.25) is 4.79 Å². The van der Waals surface area contributed by atoms with Gasteiger partial charge in [0.2, 0.25) is 0 Å². The highest BCUT2D eigenvalue weighted by atomic mass is 19.4. The minimum Gasteiger partial charge on any atom is -0.493 e. The zero-order chi connectivity index (χ0) is 20.6. The molecule has 2 aromatic carbocycles. The van der Waals surface area contributed by atoms with Gasteiger partial charge in [-0.1, -0.05) is 30.7 Å². The highest BCUT2D eigenvalue weighted by molar-refractivity contribution is 5.83. The first-order chi connectivity index (χ1) is 13.8. The first-order valence-corrected chi connectivity index (χ1v) is 9.64. The Bertz CT molecular complexity index is 897. The van der Waals surface area contributed by atoms with Crippen LogP contribution < -0.4 is 9.47 Å². The second kappa shape index (κ2) is 7.28. The number of hydrogen-bond acceptors (Lipinski definition) is 3. The van der Waals surface area contributed by atoms with Crippen LogP contribution in [0.15, 0.2) is 42.5 Å². The molecule has 7 heteroatoms. The molecule has 154 valence electrons. The van der Waals surface area contributed by atoms with Gasteiger partial charge >= 0.3 is 12.3 Å². The van der Waals surface area contributed by atoms with E-state index in [1.165, 1.54) is 24.3 Å². The Balaban J connectivity index is 1.65. The zero-order valence-corrected chi connectivity index (χ0v) is 15.7. The minimum atomic E-state index is -4.74. The number of carboxylic acids is 1. The fraction of sp³-hybridized carbons (Fsp3) is 0.409. The average Bonchev–Trinajstić information content (AvgIpc) is 3.43. The molecule has 4 rings (SSSR count). The molecule has 0 radical (unpaired) electrons. The van der Waals surface area contributed by atoms with Crippen LogP contribution in [0.25, 0.3) is 11.1 Å². The van der Waals surface area contributed by atoms with Gasteiger partial charge in [-0.2, -0.15) is 0 Å². The maximum Gasteiger partial charge on any atom is 0.573 e. The normalized spacial score (nSPS) is 18.0. The van der Waals surface area contributed by atoms with E-state index in [-0.39, 0.29) is 5.75 Å². The number of carbonyl (C=O) groups is 1. The van der Waals surface area contributed by atoms with Crippen LogP contribution in [0.2, 0.25) is 0 Å². The number of halogens is 3. The Morgan fingerprint density at radius 1 is 1.10 bits per heavy atom. The topological polar surface area (TPSA) is 55.8 Å². The van der Waals surface area contributed by atoms with E-state index in [0.717, 1.165) is 19.3 Å². The van der Waals surface area contributed by atoms with Crippen LogP contribution >= 0.6 is 0 Å². The van der Waals surface area contributed by atoms with E-state index in [1.807, 2.05) is 0 Å². The molecule has 2 saturated carbocycles. The van der Waals surface area contributed by atoms with Crippen molar-refractivity contribution in [1.29, 1.82) is 0 Å². The SMILES string of the molecule is O=C(O)C1(c2ccc(-c3ccc(OC(F)(F)F)cc3)c(OCC3CC3)c2)CCC1. The van der Waals surface area contributed by atoms with Crippen LogP contribution in [0, 0.1) is 5.92 Å². The van der Waals surface area contributed by atoms with Gasteiger partial charge in [-0.05, 0) is 60.9 Å². The summed E-state index contributed by atoms with van der Waals surface area (Å²) in [6.07, 6.45) is -0.474. The third-order valence-electron chi connectivity index (χ3n) is 5.72. The van der Waals surface area contributed by atoms with Crippen molar-refractivity contribution in [1.82, 2.24) is 0 Å². The molecule has 2 fully saturated rings. The lowest BCUT2D eigenvalue weighted by Crippen LogP contribution is -2.42. The van der Waals surface area contributed by atoms with E-state index in [9.17, 15) is 23.1 Å². The van der Waals surface area contributed by atoms with Crippen molar-refractivity contribution in [3.05, 3.63) is 48.0 Å². The van der Waals surface area contributed by atoms with Crippen molar-refractivity contribution < 1.29 is 32.5 Å². The molecule has 0 spiro atoms. The van der Waals surface area contributed by atoms with Gasteiger partial charge in [-0.25, -0.2) is 0 Å². The van der Waals surface area contributed by atoms with E-state index in [1.54, 1.807) is 18.2 Å². The standard InChI is InChI=1S/C22H21F3O4/c23-22(24,25)29-17-7-4-15(5-8-17)18-9-6-16(21(20(26)27)10-1-11-21)12-19(18)28-13-14-2-3-14/h4-9,12,14H,1-3,10-11,13H2,(H,26,27). The number of ether oxygens (including phenoxy) is 2. The summed E-state index contributed by atoms with van der Waals surface area (Å²) >= 11 is 0. The van der Waals surface area contributed by atoms with Crippen molar-refractivity contribution >= 4 is 5.97 Å². The number of benzene rings is 2. The number of rotatable bonds is 7. The number of hydrogen-bond donors (Lipinski definition) is 1. The second-order valence-corrected chi connectivity index (χ2v) is 7.78. The molecule has 29 heavy (non-hydrogen) atoms.